The minimum Gasteiger partial charge on any atom is -0.489 e. The van der Waals surface area contributed by atoms with Crippen molar-refractivity contribution in [3.63, 3.8) is 0 Å². The van der Waals surface area contributed by atoms with Crippen LogP contribution in [0, 0.1) is 5.92 Å². The molecule has 5 heteroatoms. The molecular weight excluding hydrogens is 396 g/mol. The maximum Gasteiger partial charge on any atom is 0.126 e. The molecule has 4 nitrogen and oxygen atoms in total. The van der Waals surface area contributed by atoms with Crippen LogP contribution in [-0.4, -0.2) is 40.2 Å². The van der Waals surface area contributed by atoms with Crippen LogP contribution < -0.4 is 4.74 Å². The van der Waals surface area contributed by atoms with Crippen LogP contribution in [0.4, 0.5) is 0 Å². The van der Waals surface area contributed by atoms with E-state index in [1.54, 1.807) is 0 Å². The zero-order valence-electron chi connectivity index (χ0n) is 15.3. The Morgan fingerprint density at radius 2 is 2.19 bits per heavy atom. The summed E-state index contributed by atoms with van der Waals surface area (Å²) in [6.45, 7) is 2.24. The zero-order chi connectivity index (χ0) is 18.7. The molecule has 0 bridgehead atoms. The Labute approximate surface area is 164 Å². The van der Waals surface area contributed by atoms with Gasteiger partial charge in [-0.1, -0.05) is 66.4 Å². The highest BCUT2D eigenvalue weighted by molar-refractivity contribution is 9.11. The average molecular weight is 425 g/mol. The molecular formula is C21H29BrO4. The summed E-state index contributed by atoms with van der Waals surface area (Å²) in [4.78, 5) is 0. The molecule has 0 spiro atoms. The number of hydrogen-bond acceptors (Lipinski definition) is 4. The Hall–Kier alpha value is -0.880. The van der Waals surface area contributed by atoms with Gasteiger partial charge in [0, 0.05) is 34.9 Å². The number of unbranched alkanes of at least 4 members (excludes halogenated alkanes) is 2. The maximum absolute atomic E-state index is 10.6. The molecule has 0 amide bonds. The van der Waals surface area contributed by atoms with E-state index in [9.17, 15) is 15.3 Å². The summed E-state index contributed by atoms with van der Waals surface area (Å²) in [5.41, 5.74) is 2.13. The van der Waals surface area contributed by atoms with Crippen molar-refractivity contribution in [2.24, 2.45) is 5.92 Å². The van der Waals surface area contributed by atoms with E-state index in [0.29, 0.717) is 12.8 Å². The third-order valence-electron chi connectivity index (χ3n) is 5.62. The van der Waals surface area contributed by atoms with Gasteiger partial charge < -0.3 is 20.1 Å². The molecule has 3 N–H and O–H groups in total. The van der Waals surface area contributed by atoms with E-state index >= 15 is 0 Å². The van der Waals surface area contributed by atoms with Crippen molar-refractivity contribution in [1.82, 2.24) is 0 Å². The normalized spacial score (nSPS) is 28.6. The minimum atomic E-state index is -0.518. The number of halogens is 1. The molecule has 26 heavy (non-hydrogen) atoms. The Bertz CT molecular complexity index is 645. The van der Waals surface area contributed by atoms with E-state index in [1.165, 1.54) is 0 Å². The van der Waals surface area contributed by atoms with E-state index in [2.05, 4.69) is 28.9 Å². The molecule has 1 heterocycles. The van der Waals surface area contributed by atoms with Crippen LogP contribution in [-0.2, 0) is 6.42 Å². The van der Waals surface area contributed by atoms with Gasteiger partial charge in [-0.2, -0.15) is 0 Å². The highest BCUT2D eigenvalue weighted by Crippen LogP contribution is 2.52. The van der Waals surface area contributed by atoms with Gasteiger partial charge in [-0.15, -0.1) is 0 Å². The standard InChI is InChI=1S/C21H29BrO4/c1-2-3-4-8-17(24)16(22)11-15-18(25)12-19-20(15)14-7-5-6-13(9-10-23)21(14)26-19/h5-7,11,15,17-20,23-25H,2-4,8-10,12H2,1H3/b16-11-/t15-,17+,18+,19-,20+/m0/s1. The minimum absolute atomic E-state index is 0.0429. The molecule has 1 aromatic rings. The summed E-state index contributed by atoms with van der Waals surface area (Å²) in [5, 5.41) is 30.2. The van der Waals surface area contributed by atoms with Crippen molar-refractivity contribution in [2.75, 3.05) is 6.61 Å². The van der Waals surface area contributed by atoms with Gasteiger partial charge >= 0.3 is 0 Å². The monoisotopic (exact) mass is 424 g/mol. The van der Waals surface area contributed by atoms with Crippen LogP contribution in [0.3, 0.4) is 0 Å². The second-order valence-corrected chi connectivity index (χ2v) is 8.35. The van der Waals surface area contributed by atoms with Crippen molar-refractivity contribution >= 4 is 15.9 Å². The van der Waals surface area contributed by atoms with Crippen LogP contribution in [0.25, 0.3) is 0 Å². The van der Waals surface area contributed by atoms with Crippen LogP contribution in [0.15, 0.2) is 28.8 Å². The van der Waals surface area contributed by atoms with Gasteiger partial charge in [0.15, 0.2) is 0 Å². The van der Waals surface area contributed by atoms with Crippen LogP contribution in [0.5, 0.6) is 5.75 Å². The molecule has 144 valence electrons. The number of para-hydroxylation sites is 1. The van der Waals surface area contributed by atoms with E-state index in [-0.39, 0.29) is 24.5 Å². The first-order valence-electron chi connectivity index (χ1n) is 9.69. The van der Waals surface area contributed by atoms with Crippen molar-refractivity contribution in [1.29, 1.82) is 0 Å². The fourth-order valence-electron chi connectivity index (χ4n) is 4.27. The predicted octanol–water partition coefficient (Wildman–Crippen LogP) is 3.67. The number of hydrogen-bond donors (Lipinski definition) is 3. The first-order valence-corrected chi connectivity index (χ1v) is 10.5. The summed E-state index contributed by atoms with van der Waals surface area (Å²) < 4.78 is 6.92. The SMILES string of the molecule is CCCCC[C@@H](O)/C(Br)=C/[C@@H]1[C@H]2c3cccc(CCO)c3O[C@H]2C[C@H]1O. The maximum atomic E-state index is 10.6. The number of ether oxygens (including phenoxy) is 1. The van der Waals surface area contributed by atoms with Crippen molar-refractivity contribution < 1.29 is 20.1 Å². The first kappa shape index (κ1) is 19.9. The van der Waals surface area contributed by atoms with Gasteiger partial charge in [-0.05, 0) is 18.4 Å². The smallest absolute Gasteiger partial charge is 0.126 e. The Balaban J connectivity index is 1.80. The zero-order valence-corrected chi connectivity index (χ0v) is 16.9. The summed E-state index contributed by atoms with van der Waals surface area (Å²) in [5.74, 6) is 0.885. The lowest BCUT2D eigenvalue weighted by Crippen LogP contribution is -2.18. The Kier molecular flexibility index (Phi) is 6.78. The number of benzene rings is 1. The van der Waals surface area contributed by atoms with Gasteiger partial charge in [0.05, 0.1) is 12.2 Å². The van der Waals surface area contributed by atoms with Gasteiger partial charge in [-0.25, -0.2) is 0 Å². The molecule has 1 fully saturated rings. The molecule has 3 rings (SSSR count). The molecule has 2 aliphatic rings. The second kappa shape index (κ2) is 8.87. The fraction of sp³-hybridized carbons (Fsp3) is 0.619. The lowest BCUT2D eigenvalue weighted by Gasteiger charge is -2.19. The van der Waals surface area contributed by atoms with E-state index in [1.807, 2.05) is 18.2 Å². The highest BCUT2D eigenvalue weighted by atomic mass is 79.9. The number of aliphatic hydroxyl groups is 3. The number of rotatable bonds is 8. The van der Waals surface area contributed by atoms with E-state index in [0.717, 1.165) is 47.0 Å². The Morgan fingerprint density at radius 1 is 1.38 bits per heavy atom. The molecule has 0 unspecified atom stereocenters. The quantitative estimate of drug-likeness (QED) is 0.556. The molecule has 5 atom stereocenters. The summed E-state index contributed by atoms with van der Waals surface area (Å²) in [6, 6.07) is 6.05. The first-order chi connectivity index (χ1) is 12.6. The fourth-order valence-corrected chi connectivity index (χ4v) is 4.81. The van der Waals surface area contributed by atoms with Gasteiger partial charge in [0.25, 0.3) is 0 Å². The molecule has 1 aliphatic heterocycles. The summed E-state index contributed by atoms with van der Waals surface area (Å²) in [6.07, 6.45) is 6.09. The van der Waals surface area contributed by atoms with Crippen molar-refractivity contribution in [3.05, 3.63) is 39.9 Å². The lowest BCUT2D eigenvalue weighted by atomic mass is 9.86. The average Bonchev–Trinajstić information content (AvgIpc) is 3.12. The lowest BCUT2D eigenvalue weighted by molar-refractivity contribution is 0.135. The molecule has 0 aromatic heterocycles. The molecule has 1 aromatic carbocycles. The topological polar surface area (TPSA) is 69.9 Å². The molecule has 1 aliphatic carbocycles. The summed E-state index contributed by atoms with van der Waals surface area (Å²) in [7, 11) is 0. The van der Waals surface area contributed by atoms with Crippen LogP contribution in [0.2, 0.25) is 0 Å². The van der Waals surface area contributed by atoms with E-state index < -0.39 is 12.2 Å². The van der Waals surface area contributed by atoms with Gasteiger partial charge in [-0.3, -0.25) is 0 Å². The number of aliphatic hydroxyl groups excluding tert-OH is 3. The third kappa shape index (κ3) is 4.01. The van der Waals surface area contributed by atoms with E-state index in [4.69, 9.17) is 4.74 Å². The van der Waals surface area contributed by atoms with Crippen LogP contribution >= 0.6 is 15.9 Å². The molecule has 1 saturated carbocycles. The van der Waals surface area contributed by atoms with Crippen molar-refractivity contribution in [2.45, 2.75) is 69.7 Å². The van der Waals surface area contributed by atoms with Gasteiger partial charge in [0.2, 0.25) is 0 Å². The summed E-state index contributed by atoms with van der Waals surface area (Å²) >= 11 is 3.54. The second-order valence-electron chi connectivity index (χ2n) is 7.43. The Morgan fingerprint density at radius 3 is 2.92 bits per heavy atom. The van der Waals surface area contributed by atoms with Gasteiger partial charge in [0.1, 0.15) is 11.9 Å². The van der Waals surface area contributed by atoms with Crippen LogP contribution in [0.1, 0.15) is 56.1 Å². The molecule has 0 radical (unpaired) electrons. The van der Waals surface area contributed by atoms with Crippen molar-refractivity contribution in [3.8, 4) is 5.75 Å². The molecule has 0 saturated heterocycles. The third-order valence-corrected chi connectivity index (χ3v) is 6.41. The highest BCUT2D eigenvalue weighted by Gasteiger charge is 2.49. The number of fused-ring (bicyclic) bond motifs is 3. The largest absolute Gasteiger partial charge is 0.489 e. The predicted molar refractivity (Wildman–Crippen MR) is 106 cm³/mol.